The number of ether oxygens (including phenoxy) is 6. The maximum atomic E-state index is 14.3. The normalized spacial score (nSPS) is 48.7. The van der Waals surface area contributed by atoms with Crippen LogP contribution in [0.3, 0.4) is 0 Å². The highest BCUT2D eigenvalue weighted by Crippen LogP contribution is 2.43. The molecule has 0 aliphatic carbocycles. The molecule has 3 aliphatic heterocycles. The van der Waals surface area contributed by atoms with E-state index in [1.54, 1.807) is 41.5 Å². The molecule has 3 fully saturated rings. The quantitative estimate of drug-likeness (QED) is 0.184. The largest absolute Gasteiger partial charge is 0.459 e. The molecule has 3 heterocycles. The van der Waals surface area contributed by atoms with Crippen molar-refractivity contribution in [3.05, 3.63) is 0 Å². The minimum absolute atomic E-state index is 0.0939. The van der Waals surface area contributed by atoms with Crippen molar-refractivity contribution in [2.24, 2.45) is 17.8 Å². The molecule has 15 heteroatoms. The lowest BCUT2D eigenvalue weighted by molar-refractivity contribution is -0.338. The average molecular weight is 792 g/mol. The van der Waals surface area contributed by atoms with E-state index in [4.69, 9.17) is 28.4 Å². The van der Waals surface area contributed by atoms with Gasteiger partial charge in [-0.25, -0.2) is 0 Å². The van der Waals surface area contributed by atoms with Crippen LogP contribution in [0, 0.1) is 17.8 Å². The van der Waals surface area contributed by atoms with Gasteiger partial charge in [0.15, 0.2) is 12.6 Å². The van der Waals surface area contributed by atoms with Crippen molar-refractivity contribution in [3.63, 3.8) is 0 Å². The fourth-order valence-electron chi connectivity index (χ4n) is 9.20. The number of rotatable bonds is 9. The van der Waals surface area contributed by atoms with E-state index in [0.29, 0.717) is 13.0 Å². The van der Waals surface area contributed by atoms with Crippen LogP contribution in [-0.4, -0.2) is 179 Å². The third kappa shape index (κ3) is 10.8. The molecule has 6 N–H and O–H groups in total. The third-order valence-corrected chi connectivity index (χ3v) is 12.8. The Hall–Kier alpha value is -1.05. The SMILES string of the molecule is CC[C@H]1OC(=O)[C@H](C)[C@@H](O[C@H]2C[C@@](C)(OC)[C@@](O)(CN(C)C)[C@H](C)O2)[C@H](C)[C@@H](O[C@@H]2O[C@H](C)C[C@H](N(C)C)[C@H]2O)[C@@](C)(O)C[C@@H](C)CN[C@H](C)[C@@H](O)[C@]1(C)O. The molecule has 0 aromatic carbocycles. The van der Waals surface area contributed by atoms with Crippen LogP contribution < -0.4 is 5.32 Å². The van der Waals surface area contributed by atoms with E-state index in [1.165, 1.54) is 14.0 Å². The minimum atomic E-state index is -1.81. The highest BCUT2D eigenvalue weighted by molar-refractivity contribution is 5.73. The van der Waals surface area contributed by atoms with Crippen molar-refractivity contribution in [1.29, 1.82) is 0 Å². The van der Waals surface area contributed by atoms with Gasteiger partial charge in [-0.3, -0.25) is 4.79 Å². The van der Waals surface area contributed by atoms with Gasteiger partial charge < -0.3 is 69.1 Å². The Balaban J connectivity index is 2.18. The second-order valence-electron chi connectivity index (χ2n) is 18.3. The molecule has 3 rings (SSSR count). The lowest BCUT2D eigenvalue weighted by Gasteiger charge is -2.54. The van der Waals surface area contributed by atoms with Gasteiger partial charge in [0.2, 0.25) is 0 Å². The van der Waals surface area contributed by atoms with Crippen molar-refractivity contribution in [3.8, 4) is 0 Å². The molecule has 3 saturated heterocycles. The number of hydrogen-bond donors (Lipinski definition) is 6. The maximum absolute atomic E-state index is 14.3. The second-order valence-corrected chi connectivity index (χ2v) is 18.3. The highest BCUT2D eigenvalue weighted by atomic mass is 16.7. The van der Waals surface area contributed by atoms with E-state index in [0.717, 1.165) is 0 Å². The summed E-state index contributed by atoms with van der Waals surface area (Å²) >= 11 is 0. The van der Waals surface area contributed by atoms with Crippen LogP contribution in [0.5, 0.6) is 0 Å². The highest BCUT2D eigenvalue weighted by Gasteiger charge is 2.58. The number of aliphatic hydroxyl groups excluding tert-OH is 2. The Bertz CT molecular complexity index is 1230. The van der Waals surface area contributed by atoms with Crippen LogP contribution in [0.4, 0.5) is 0 Å². The smallest absolute Gasteiger partial charge is 0.311 e. The van der Waals surface area contributed by atoms with Crippen molar-refractivity contribution in [1.82, 2.24) is 15.1 Å². The molecule has 0 saturated carbocycles. The van der Waals surface area contributed by atoms with Crippen LogP contribution in [-0.2, 0) is 33.2 Å². The summed E-state index contributed by atoms with van der Waals surface area (Å²) in [5.74, 6) is -2.66. The molecule has 0 unspecified atom stereocenters. The summed E-state index contributed by atoms with van der Waals surface area (Å²) in [6.45, 7) is 18.2. The molecule has 324 valence electrons. The zero-order valence-corrected chi connectivity index (χ0v) is 36.3. The number of aliphatic hydroxyl groups is 5. The molecule has 0 amide bonds. The van der Waals surface area contributed by atoms with E-state index < -0.39 is 95.5 Å². The fourth-order valence-corrected chi connectivity index (χ4v) is 9.20. The molecule has 55 heavy (non-hydrogen) atoms. The van der Waals surface area contributed by atoms with Gasteiger partial charge in [-0.2, -0.15) is 0 Å². The van der Waals surface area contributed by atoms with E-state index in [1.807, 2.05) is 58.8 Å². The molecule has 0 spiro atoms. The first-order chi connectivity index (χ1) is 25.3. The number of esters is 1. The number of carbonyl (C=O) groups excluding carboxylic acids is 1. The lowest BCUT2D eigenvalue weighted by atomic mass is 9.75. The summed E-state index contributed by atoms with van der Waals surface area (Å²) in [5, 5.41) is 62.4. The summed E-state index contributed by atoms with van der Waals surface area (Å²) in [5.41, 5.74) is -5.94. The Morgan fingerprint density at radius 1 is 0.927 bits per heavy atom. The summed E-state index contributed by atoms with van der Waals surface area (Å²) in [4.78, 5) is 18.1. The van der Waals surface area contributed by atoms with Gasteiger partial charge in [0.05, 0.1) is 35.9 Å². The van der Waals surface area contributed by atoms with Gasteiger partial charge in [0.25, 0.3) is 0 Å². The topological polar surface area (TPSA) is 192 Å². The molecule has 0 aromatic rings. The zero-order chi connectivity index (χ0) is 42.0. The average Bonchev–Trinajstić information content (AvgIpc) is 3.08. The first-order valence-corrected chi connectivity index (χ1v) is 20.2. The first kappa shape index (κ1) is 48.3. The molecular formula is C40H77N3O12. The Kier molecular flexibility index (Phi) is 16.6. The fraction of sp³-hybridized carbons (Fsp3) is 0.975. The number of cyclic esters (lactones) is 1. The van der Waals surface area contributed by atoms with Crippen molar-refractivity contribution < 1.29 is 58.7 Å². The number of carbonyl (C=O) groups is 1. The Morgan fingerprint density at radius 3 is 2.09 bits per heavy atom. The number of methoxy groups -OCH3 is 1. The number of hydrogen-bond acceptors (Lipinski definition) is 15. The number of likely N-dealkylation sites (N-methyl/N-ethyl adjacent to an activating group) is 2. The predicted molar refractivity (Wildman–Crippen MR) is 207 cm³/mol. The maximum Gasteiger partial charge on any atom is 0.311 e. The van der Waals surface area contributed by atoms with Gasteiger partial charge in [-0.15, -0.1) is 0 Å². The van der Waals surface area contributed by atoms with Crippen molar-refractivity contribution in [2.75, 3.05) is 48.4 Å². The lowest BCUT2D eigenvalue weighted by Crippen LogP contribution is -2.69. The predicted octanol–water partition coefficient (Wildman–Crippen LogP) is 1.49. The van der Waals surface area contributed by atoms with E-state index in [9.17, 15) is 30.3 Å². The first-order valence-electron chi connectivity index (χ1n) is 20.2. The monoisotopic (exact) mass is 792 g/mol. The second kappa shape index (κ2) is 18.9. The Morgan fingerprint density at radius 2 is 1.55 bits per heavy atom. The van der Waals surface area contributed by atoms with Gasteiger partial charge in [0.1, 0.15) is 35.1 Å². The van der Waals surface area contributed by atoms with Gasteiger partial charge in [-0.1, -0.05) is 20.8 Å². The summed E-state index contributed by atoms with van der Waals surface area (Å²) in [6.07, 6.45) is -7.58. The summed E-state index contributed by atoms with van der Waals surface area (Å²) < 4.78 is 38.2. The van der Waals surface area contributed by atoms with Gasteiger partial charge in [-0.05, 0) is 108 Å². The van der Waals surface area contributed by atoms with Crippen LogP contribution in [0.1, 0.15) is 94.9 Å². The standard InChI is InChI=1S/C40H77N3O12/c1-16-29-39(10,48)33(45)26(6)41-20-22(2)18-37(8,47)34(55-36-31(44)28(43(13)14)17-23(3)51-36)24(4)32(25(5)35(46)53-29)54-30-19-38(9,50-15)40(49,21-42(11)12)27(7)52-30/h22-34,36,41,44-45,47-49H,16-21H2,1-15H3/t22-,23-,24+,25-,26-,27+,28+,29-,30+,31-,32+,33-,34-,36+,37+,38-,39-,40-/m1/s1. The van der Waals surface area contributed by atoms with E-state index in [2.05, 4.69) is 5.32 Å². The molecule has 0 radical (unpaired) electrons. The molecule has 0 aromatic heterocycles. The minimum Gasteiger partial charge on any atom is -0.459 e. The summed E-state index contributed by atoms with van der Waals surface area (Å²) in [7, 11) is 9.01. The van der Waals surface area contributed by atoms with Crippen molar-refractivity contribution >= 4 is 5.97 Å². The molecule has 18 atom stereocenters. The van der Waals surface area contributed by atoms with Gasteiger partial charge in [0, 0.05) is 38.1 Å². The molecule has 3 aliphatic rings. The van der Waals surface area contributed by atoms with Gasteiger partial charge >= 0.3 is 5.97 Å². The number of nitrogens with one attached hydrogen (secondary N) is 1. The number of nitrogens with zero attached hydrogens (tertiary/aromatic N) is 2. The zero-order valence-electron chi connectivity index (χ0n) is 36.3. The van der Waals surface area contributed by atoms with Crippen LogP contribution >= 0.6 is 0 Å². The van der Waals surface area contributed by atoms with E-state index >= 15 is 0 Å². The molecule has 0 bridgehead atoms. The van der Waals surface area contributed by atoms with Crippen molar-refractivity contribution in [2.45, 2.75) is 185 Å². The van der Waals surface area contributed by atoms with Crippen LogP contribution in [0.15, 0.2) is 0 Å². The van der Waals surface area contributed by atoms with E-state index in [-0.39, 0.29) is 43.9 Å². The van der Waals surface area contributed by atoms with Crippen LogP contribution in [0.25, 0.3) is 0 Å². The molecule has 15 nitrogen and oxygen atoms in total. The Labute approximate surface area is 330 Å². The summed E-state index contributed by atoms with van der Waals surface area (Å²) in [6, 6.07) is -0.876. The van der Waals surface area contributed by atoms with Crippen LogP contribution in [0.2, 0.25) is 0 Å². The third-order valence-electron chi connectivity index (χ3n) is 12.8. The molecular weight excluding hydrogens is 714 g/mol.